The molecule has 0 aromatic rings. The largest absolute Gasteiger partial charge is 0.545 e. The number of allylic oxidation sites excluding steroid dienone is 4. The van der Waals surface area contributed by atoms with Crippen LogP contribution in [0.25, 0.3) is 0 Å². The first-order valence-electron chi connectivity index (χ1n) is 15.0. The summed E-state index contributed by atoms with van der Waals surface area (Å²) in [5, 5.41) is 21.1. The van der Waals surface area contributed by atoms with Gasteiger partial charge in [-0.25, -0.2) is 0 Å². The summed E-state index contributed by atoms with van der Waals surface area (Å²) in [6.07, 6.45) is 23.1. The van der Waals surface area contributed by atoms with Gasteiger partial charge in [0, 0.05) is 6.42 Å². The quantitative estimate of drug-likeness (QED) is 0.0515. The molecule has 0 bridgehead atoms. The van der Waals surface area contributed by atoms with Gasteiger partial charge in [0.25, 0.3) is 0 Å². The molecule has 8 heteroatoms. The van der Waals surface area contributed by atoms with Gasteiger partial charge >= 0.3 is 5.97 Å². The van der Waals surface area contributed by atoms with Crippen LogP contribution in [-0.4, -0.2) is 81.4 Å². The van der Waals surface area contributed by atoms with Crippen molar-refractivity contribution in [2.24, 2.45) is 0 Å². The number of nitrogens with zero attached hydrogens (tertiary/aromatic N) is 1. The number of likely N-dealkylation sites (N-methyl/N-ethyl adjacent to an activating group) is 1. The number of hydrogen-bond donors (Lipinski definition) is 1. The van der Waals surface area contributed by atoms with Crippen molar-refractivity contribution in [1.82, 2.24) is 0 Å². The number of aliphatic hydroxyl groups is 1. The number of carbonyl (C=O) groups excluding carboxylic acids is 2. The van der Waals surface area contributed by atoms with Crippen molar-refractivity contribution in [3.05, 3.63) is 24.3 Å². The number of hydrogen-bond acceptors (Lipinski definition) is 7. The summed E-state index contributed by atoms with van der Waals surface area (Å²) < 4.78 is 15.9. The lowest BCUT2D eigenvalue weighted by Gasteiger charge is -2.26. The Morgan fingerprint density at radius 3 is 1.92 bits per heavy atom. The lowest BCUT2D eigenvalue weighted by Crippen LogP contribution is -2.44. The number of quaternary nitrogens is 1. The van der Waals surface area contributed by atoms with Crippen LogP contribution in [0.3, 0.4) is 0 Å². The summed E-state index contributed by atoms with van der Waals surface area (Å²) in [5.74, 6) is -1.88. The Hall–Kier alpha value is -1.74. The zero-order chi connectivity index (χ0) is 29.2. The van der Waals surface area contributed by atoms with Crippen molar-refractivity contribution in [1.29, 1.82) is 0 Å². The topological polar surface area (TPSA) is 105 Å². The van der Waals surface area contributed by atoms with E-state index in [9.17, 15) is 19.8 Å². The van der Waals surface area contributed by atoms with Gasteiger partial charge in [0.05, 0.1) is 40.3 Å². The normalized spacial score (nSPS) is 13.8. The summed E-state index contributed by atoms with van der Waals surface area (Å²) in [6.45, 7) is 2.42. The van der Waals surface area contributed by atoms with Crippen LogP contribution in [0.5, 0.6) is 0 Å². The minimum Gasteiger partial charge on any atom is -0.545 e. The highest BCUT2D eigenvalue weighted by Gasteiger charge is 2.17. The van der Waals surface area contributed by atoms with E-state index >= 15 is 0 Å². The number of carboxylic acids is 1. The van der Waals surface area contributed by atoms with E-state index in [0.29, 0.717) is 17.4 Å². The van der Waals surface area contributed by atoms with Crippen LogP contribution in [0.4, 0.5) is 0 Å². The first-order chi connectivity index (χ1) is 18.7. The van der Waals surface area contributed by atoms with Crippen LogP contribution in [0.2, 0.25) is 0 Å². The molecule has 0 radical (unpaired) electrons. The summed E-state index contributed by atoms with van der Waals surface area (Å²) >= 11 is 0. The molecule has 0 aromatic carbocycles. The van der Waals surface area contributed by atoms with Crippen LogP contribution in [0.15, 0.2) is 24.3 Å². The minimum absolute atomic E-state index is 0.169. The smallest absolute Gasteiger partial charge is 0.305 e. The first kappa shape index (κ1) is 37.3. The fraction of sp³-hybridized carbons (Fsp3) is 0.806. The van der Waals surface area contributed by atoms with Crippen molar-refractivity contribution >= 4 is 11.9 Å². The Morgan fingerprint density at radius 2 is 1.36 bits per heavy atom. The van der Waals surface area contributed by atoms with E-state index < -0.39 is 18.4 Å². The molecule has 0 aliphatic carbocycles. The van der Waals surface area contributed by atoms with Gasteiger partial charge in [-0.05, 0) is 38.5 Å². The van der Waals surface area contributed by atoms with Gasteiger partial charge < -0.3 is 33.7 Å². The molecule has 228 valence electrons. The molecule has 0 rings (SSSR count). The van der Waals surface area contributed by atoms with Gasteiger partial charge in [-0.3, -0.25) is 4.79 Å². The van der Waals surface area contributed by atoms with E-state index in [1.54, 1.807) is 0 Å². The van der Waals surface area contributed by atoms with Crippen molar-refractivity contribution in [3.8, 4) is 0 Å². The third-order valence-corrected chi connectivity index (χ3v) is 6.18. The SMILES string of the molecule is CCCCCC/C=C\C/C=C\CCCCCCCCCC(=O)OCC(O)COC(OCC[N+](C)(C)C)C(=O)[O-]. The van der Waals surface area contributed by atoms with E-state index in [0.717, 1.165) is 32.1 Å². The summed E-state index contributed by atoms with van der Waals surface area (Å²) in [5.41, 5.74) is 0. The van der Waals surface area contributed by atoms with Gasteiger partial charge in [-0.2, -0.15) is 0 Å². The highest BCUT2D eigenvalue weighted by molar-refractivity contribution is 5.69. The maximum atomic E-state index is 11.9. The predicted molar refractivity (Wildman–Crippen MR) is 154 cm³/mol. The molecular formula is C31H57NO7. The Bertz CT molecular complexity index is 658. The fourth-order valence-corrected chi connectivity index (χ4v) is 3.74. The molecule has 0 saturated heterocycles. The number of aliphatic hydroxyl groups excluding tert-OH is 1. The lowest BCUT2D eigenvalue weighted by molar-refractivity contribution is -0.870. The van der Waals surface area contributed by atoms with E-state index in [1.165, 1.54) is 57.8 Å². The Morgan fingerprint density at radius 1 is 0.795 bits per heavy atom. The maximum Gasteiger partial charge on any atom is 0.305 e. The highest BCUT2D eigenvalue weighted by atomic mass is 16.7. The highest BCUT2D eigenvalue weighted by Crippen LogP contribution is 2.11. The average Bonchev–Trinajstić information content (AvgIpc) is 2.87. The lowest BCUT2D eigenvalue weighted by atomic mass is 10.1. The van der Waals surface area contributed by atoms with Gasteiger partial charge in [-0.1, -0.05) is 82.6 Å². The van der Waals surface area contributed by atoms with Gasteiger partial charge in [-0.15, -0.1) is 0 Å². The number of unbranched alkanes of at least 4 members (excludes halogenated alkanes) is 11. The molecule has 0 spiro atoms. The number of ether oxygens (including phenoxy) is 3. The molecule has 2 unspecified atom stereocenters. The Kier molecular flexibility index (Phi) is 24.1. The van der Waals surface area contributed by atoms with Gasteiger partial charge in [0.1, 0.15) is 19.3 Å². The standard InChI is InChI=1S/C31H57NO7/c1-5-6-7-8-9-10-11-12-13-14-15-16-17-18-19-20-21-22-23-29(34)38-26-28(33)27-39-31(30(35)36)37-25-24-32(2,3)4/h10-11,13-14,28,31,33H,5-9,12,15-27H2,1-4H3/b11-10-,14-13-. The Labute approximate surface area is 238 Å². The zero-order valence-corrected chi connectivity index (χ0v) is 25.2. The molecule has 8 nitrogen and oxygen atoms in total. The summed E-state index contributed by atoms with van der Waals surface area (Å²) in [4.78, 5) is 23.0. The van der Waals surface area contributed by atoms with E-state index in [2.05, 4.69) is 31.2 Å². The third kappa shape index (κ3) is 27.6. The Balaban J connectivity index is 3.63. The zero-order valence-electron chi connectivity index (χ0n) is 25.2. The number of carboxylic acid groups (broad SMARTS) is 1. The van der Waals surface area contributed by atoms with Crippen LogP contribution < -0.4 is 5.11 Å². The molecule has 1 N–H and O–H groups in total. The minimum atomic E-state index is -1.57. The third-order valence-electron chi connectivity index (χ3n) is 6.18. The molecule has 0 amide bonds. The average molecular weight is 556 g/mol. The van der Waals surface area contributed by atoms with Crippen LogP contribution >= 0.6 is 0 Å². The molecule has 0 heterocycles. The maximum absolute atomic E-state index is 11.9. The number of rotatable bonds is 27. The second kappa shape index (κ2) is 25.2. The molecule has 0 aliphatic heterocycles. The van der Waals surface area contributed by atoms with Crippen molar-refractivity contribution in [2.45, 2.75) is 116 Å². The monoisotopic (exact) mass is 555 g/mol. The van der Waals surface area contributed by atoms with Crippen molar-refractivity contribution in [2.75, 3.05) is 47.5 Å². The van der Waals surface area contributed by atoms with E-state index in [1.807, 2.05) is 21.1 Å². The number of aliphatic carboxylic acids is 1. The first-order valence-corrected chi connectivity index (χ1v) is 15.0. The molecule has 2 atom stereocenters. The predicted octanol–water partition coefficient (Wildman–Crippen LogP) is 4.69. The van der Waals surface area contributed by atoms with Crippen LogP contribution in [0, 0.1) is 0 Å². The summed E-state index contributed by atoms with van der Waals surface area (Å²) in [7, 11) is 5.86. The van der Waals surface area contributed by atoms with Crippen molar-refractivity contribution in [3.63, 3.8) is 0 Å². The molecular weight excluding hydrogens is 498 g/mol. The van der Waals surface area contributed by atoms with Crippen LogP contribution in [-0.2, 0) is 23.8 Å². The number of carbonyl (C=O) groups is 2. The molecule has 0 aliphatic rings. The molecule has 39 heavy (non-hydrogen) atoms. The molecule has 0 aromatic heterocycles. The van der Waals surface area contributed by atoms with Gasteiger partial charge in [0.15, 0.2) is 6.29 Å². The van der Waals surface area contributed by atoms with Gasteiger partial charge in [0.2, 0.25) is 0 Å². The summed E-state index contributed by atoms with van der Waals surface area (Å²) in [6, 6.07) is 0. The second-order valence-electron chi connectivity index (χ2n) is 11.2. The van der Waals surface area contributed by atoms with E-state index in [4.69, 9.17) is 14.2 Å². The second-order valence-corrected chi connectivity index (χ2v) is 11.2. The van der Waals surface area contributed by atoms with E-state index in [-0.39, 0.29) is 25.8 Å². The molecule has 0 saturated carbocycles. The van der Waals surface area contributed by atoms with Crippen molar-refractivity contribution < 1.29 is 38.5 Å². The number of esters is 1. The molecule has 0 fully saturated rings. The van der Waals surface area contributed by atoms with Crippen LogP contribution in [0.1, 0.15) is 103 Å². The fourth-order valence-electron chi connectivity index (χ4n) is 3.74.